The minimum Gasteiger partial charge on any atom is -0.318 e. The van der Waals surface area contributed by atoms with E-state index in [2.05, 4.69) is 19.1 Å². The van der Waals surface area contributed by atoms with Gasteiger partial charge in [0.2, 0.25) is 0 Å². The number of benzene rings is 1. The smallest absolute Gasteiger partial charge is 0.119 e. The molecule has 0 amide bonds. The second-order valence-corrected chi connectivity index (χ2v) is 7.54. The minimum absolute atomic E-state index is 0.139. The van der Waals surface area contributed by atoms with Crippen molar-refractivity contribution in [3.05, 3.63) is 54.6 Å². The van der Waals surface area contributed by atoms with Crippen LogP contribution in [-0.4, -0.2) is 12.3 Å². The molecule has 1 aromatic rings. The van der Waals surface area contributed by atoms with Crippen molar-refractivity contribution in [1.29, 1.82) is 0 Å². The van der Waals surface area contributed by atoms with Crippen molar-refractivity contribution in [2.24, 2.45) is 5.92 Å². The Bertz CT molecular complexity index is 459. The lowest BCUT2D eigenvalue weighted by molar-refractivity contribution is 0.569. The van der Waals surface area contributed by atoms with Gasteiger partial charge in [0.05, 0.1) is 0 Å². The number of allylic oxidation sites excluding steroid dienone is 4. The predicted molar refractivity (Wildman–Crippen MR) is 70.8 cm³/mol. The number of rotatable bonds is 2. The Kier molecular flexibility index (Phi) is 3.16. The van der Waals surface area contributed by atoms with Crippen LogP contribution < -0.4 is 5.30 Å². The quantitative estimate of drug-likeness (QED) is 0.714. The lowest BCUT2D eigenvalue weighted by Crippen LogP contribution is -2.21. The van der Waals surface area contributed by atoms with Gasteiger partial charge in [-0.05, 0) is 12.6 Å². The highest BCUT2D eigenvalue weighted by Crippen LogP contribution is 2.50. The van der Waals surface area contributed by atoms with Crippen LogP contribution in [0.4, 0.5) is 0 Å². The monoisotopic (exact) mass is 232 g/mol. The molecule has 3 atom stereocenters. The molecule has 1 aliphatic carbocycles. The first kappa shape index (κ1) is 11.4. The van der Waals surface area contributed by atoms with Crippen molar-refractivity contribution >= 4 is 12.4 Å². The molecule has 0 fully saturated rings. The van der Waals surface area contributed by atoms with E-state index in [0.29, 0.717) is 5.92 Å². The van der Waals surface area contributed by atoms with Gasteiger partial charge >= 0.3 is 0 Å². The lowest BCUT2D eigenvalue weighted by atomic mass is 10.0. The molecular formula is C14H17OP. The highest BCUT2D eigenvalue weighted by molar-refractivity contribution is 7.71. The Hall–Kier alpha value is -1.07. The van der Waals surface area contributed by atoms with Crippen LogP contribution in [0.15, 0.2) is 54.6 Å². The zero-order valence-corrected chi connectivity index (χ0v) is 10.6. The molecule has 0 spiro atoms. The van der Waals surface area contributed by atoms with E-state index in [-0.39, 0.29) is 5.66 Å². The third kappa shape index (κ3) is 2.05. The lowest BCUT2D eigenvalue weighted by Gasteiger charge is -2.27. The van der Waals surface area contributed by atoms with E-state index in [1.165, 1.54) is 0 Å². The van der Waals surface area contributed by atoms with Gasteiger partial charge in [0.15, 0.2) is 0 Å². The molecule has 3 unspecified atom stereocenters. The Morgan fingerprint density at radius 1 is 1.06 bits per heavy atom. The van der Waals surface area contributed by atoms with Crippen LogP contribution in [0.1, 0.15) is 6.92 Å². The maximum absolute atomic E-state index is 12.9. The molecule has 16 heavy (non-hydrogen) atoms. The predicted octanol–water partition coefficient (Wildman–Crippen LogP) is 3.44. The molecule has 0 N–H and O–H groups in total. The highest BCUT2D eigenvalue weighted by atomic mass is 31.2. The first-order chi connectivity index (χ1) is 7.62. The molecule has 1 aliphatic rings. The molecule has 1 aromatic carbocycles. The van der Waals surface area contributed by atoms with Gasteiger partial charge in [0.25, 0.3) is 0 Å². The summed E-state index contributed by atoms with van der Waals surface area (Å²) in [7, 11) is -2.31. The summed E-state index contributed by atoms with van der Waals surface area (Å²) in [6.07, 6.45) is 8.25. The average Bonchev–Trinajstić information content (AvgIpc) is 2.30. The van der Waals surface area contributed by atoms with Crippen LogP contribution in [0.3, 0.4) is 0 Å². The molecule has 0 saturated carbocycles. The fourth-order valence-electron chi connectivity index (χ4n) is 2.22. The summed E-state index contributed by atoms with van der Waals surface area (Å²) < 4.78 is 12.9. The van der Waals surface area contributed by atoms with Gasteiger partial charge in [-0.3, -0.25) is 0 Å². The Balaban J connectivity index is 2.36. The summed E-state index contributed by atoms with van der Waals surface area (Å²) >= 11 is 0. The summed E-state index contributed by atoms with van der Waals surface area (Å²) in [5.74, 6) is 0.348. The summed E-state index contributed by atoms with van der Waals surface area (Å²) in [4.78, 5) is 0. The summed E-state index contributed by atoms with van der Waals surface area (Å²) in [6.45, 7) is 4.02. The minimum atomic E-state index is -2.31. The Morgan fingerprint density at radius 2 is 1.69 bits per heavy atom. The maximum Gasteiger partial charge on any atom is 0.119 e. The summed E-state index contributed by atoms with van der Waals surface area (Å²) in [6, 6.07) is 9.82. The standard InChI is InChI=1S/C14H17OP/c1-12-8-6-7-11-14(12)16(2,15)13-9-4-3-5-10-13/h3-12,14H,1-2H3. The molecule has 0 aromatic heterocycles. The van der Waals surface area contributed by atoms with Gasteiger partial charge in [-0.25, -0.2) is 0 Å². The third-order valence-corrected chi connectivity index (χ3v) is 6.31. The average molecular weight is 232 g/mol. The van der Waals surface area contributed by atoms with E-state index in [9.17, 15) is 4.57 Å². The molecule has 2 heteroatoms. The molecule has 84 valence electrons. The van der Waals surface area contributed by atoms with Crippen molar-refractivity contribution < 1.29 is 4.57 Å². The van der Waals surface area contributed by atoms with Crippen molar-refractivity contribution in [3.8, 4) is 0 Å². The summed E-state index contributed by atoms with van der Waals surface area (Å²) in [5.41, 5.74) is 0.139. The molecule has 0 bridgehead atoms. The largest absolute Gasteiger partial charge is 0.318 e. The molecule has 0 aliphatic heterocycles. The molecule has 0 saturated heterocycles. The van der Waals surface area contributed by atoms with E-state index >= 15 is 0 Å². The van der Waals surface area contributed by atoms with Crippen LogP contribution in [-0.2, 0) is 4.57 Å². The van der Waals surface area contributed by atoms with Crippen molar-refractivity contribution in [2.45, 2.75) is 12.6 Å². The molecular weight excluding hydrogens is 215 g/mol. The zero-order chi connectivity index (χ0) is 11.6. The maximum atomic E-state index is 12.9. The fraction of sp³-hybridized carbons (Fsp3) is 0.286. The molecule has 2 rings (SSSR count). The van der Waals surface area contributed by atoms with E-state index in [0.717, 1.165) is 5.30 Å². The van der Waals surface area contributed by atoms with Crippen molar-refractivity contribution in [2.75, 3.05) is 6.66 Å². The van der Waals surface area contributed by atoms with Crippen LogP contribution in [0.25, 0.3) is 0 Å². The normalized spacial score (nSPS) is 27.6. The van der Waals surface area contributed by atoms with Gasteiger partial charge in [0, 0.05) is 11.0 Å². The van der Waals surface area contributed by atoms with Crippen LogP contribution in [0.5, 0.6) is 0 Å². The number of hydrogen-bond donors (Lipinski definition) is 0. The zero-order valence-electron chi connectivity index (χ0n) is 9.71. The fourth-order valence-corrected chi connectivity index (χ4v) is 4.75. The van der Waals surface area contributed by atoms with Crippen LogP contribution in [0.2, 0.25) is 0 Å². The van der Waals surface area contributed by atoms with Crippen molar-refractivity contribution in [1.82, 2.24) is 0 Å². The van der Waals surface area contributed by atoms with Gasteiger partial charge in [-0.1, -0.05) is 61.6 Å². The molecule has 0 radical (unpaired) electrons. The van der Waals surface area contributed by atoms with E-state index in [1.54, 1.807) is 0 Å². The molecule has 1 nitrogen and oxygen atoms in total. The Labute approximate surface area is 97.3 Å². The Morgan fingerprint density at radius 3 is 2.31 bits per heavy atom. The van der Waals surface area contributed by atoms with E-state index in [1.807, 2.05) is 49.1 Å². The first-order valence-electron chi connectivity index (χ1n) is 5.60. The van der Waals surface area contributed by atoms with Crippen LogP contribution in [0, 0.1) is 5.92 Å². The van der Waals surface area contributed by atoms with Gasteiger partial charge < -0.3 is 4.57 Å². The van der Waals surface area contributed by atoms with Gasteiger partial charge in [-0.15, -0.1) is 0 Å². The third-order valence-electron chi connectivity index (χ3n) is 3.21. The second kappa shape index (κ2) is 4.43. The first-order valence-corrected chi connectivity index (χ1v) is 7.82. The van der Waals surface area contributed by atoms with Crippen molar-refractivity contribution in [3.63, 3.8) is 0 Å². The van der Waals surface area contributed by atoms with Crippen LogP contribution >= 0.6 is 7.14 Å². The van der Waals surface area contributed by atoms with Gasteiger partial charge in [-0.2, -0.15) is 0 Å². The van der Waals surface area contributed by atoms with E-state index in [4.69, 9.17) is 0 Å². The topological polar surface area (TPSA) is 17.1 Å². The summed E-state index contributed by atoms with van der Waals surface area (Å²) in [5, 5.41) is 0.979. The van der Waals surface area contributed by atoms with E-state index < -0.39 is 7.14 Å². The molecule has 0 heterocycles. The second-order valence-electron chi connectivity index (χ2n) is 4.45. The van der Waals surface area contributed by atoms with Gasteiger partial charge in [0.1, 0.15) is 7.14 Å². The number of hydrogen-bond acceptors (Lipinski definition) is 1. The SMILES string of the molecule is CC1C=CC=CC1P(C)(=O)c1ccccc1. The highest BCUT2D eigenvalue weighted by Gasteiger charge is 2.31.